The molecule has 3 unspecified atom stereocenters. The molecule has 222 valence electrons. The minimum atomic E-state index is -0.0114. The number of allylic oxidation sites excluding steroid dienone is 1. The lowest BCUT2D eigenvalue weighted by Gasteiger charge is -2.33. The molecule has 5 aromatic rings. The maximum atomic E-state index is 6.75. The van der Waals surface area contributed by atoms with Gasteiger partial charge in [-0.2, -0.15) is 4.57 Å². The Labute approximate surface area is 260 Å². The van der Waals surface area contributed by atoms with Crippen LogP contribution >= 0.6 is 0 Å². The molecule has 0 radical (unpaired) electrons. The number of fused-ring (bicyclic) bond motifs is 10. The molecule has 0 spiro atoms. The van der Waals surface area contributed by atoms with Crippen molar-refractivity contribution in [3.05, 3.63) is 120 Å². The Hall–Kier alpha value is -4.31. The summed E-state index contributed by atoms with van der Waals surface area (Å²) < 4.78 is 9.12. The average molecular weight is 581 g/mol. The van der Waals surface area contributed by atoms with E-state index in [1.54, 1.807) is 0 Å². The third-order valence-corrected chi connectivity index (χ3v) is 10.1. The zero-order valence-corrected chi connectivity index (χ0v) is 26.6. The summed E-state index contributed by atoms with van der Waals surface area (Å²) in [6, 6.07) is 22.3. The normalized spacial score (nSPS) is 18.9. The van der Waals surface area contributed by atoms with Crippen LogP contribution in [0.25, 0.3) is 33.3 Å². The summed E-state index contributed by atoms with van der Waals surface area (Å²) in [6.07, 6.45) is 6.01. The Bertz CT molecular complexity index is 1970. The third kappa shape index (κ3) is 4.63. The number of pyridine rings is 2. The number of nitrogens with zero attached hydrogens (tertiary/aromatic N) is 3. The van der Waals surface area contributed by atoms with Gasteiger partial charge in [0.25, 0.3) is 0 Å². The smallest absolute Gasteiger partial charge is 0.227 e. The van der Waals surface area contributed by atoms with Crippen LogP contribution in [0.3, 0.4) is 0 Å². The van der Waals surface area contributed by atoms with Crippen molar-refractivity contribution in [2.24, 2.45) is 10.9 Å². The molecule has 0 bridgehead atoms. The second-order valence-electron chi connectivity index (χ2n) is 13.4. The molecule has 2 aliphatic rings. The van der Waals surface area contributed by atoms with Gasteiger partial charge in [0.1, 0.15) is 0 Å². The number of aliphatic imine (C=N–C) groups is 1. The molecule has 7 rings (SSSR count). The van der Waals surface area contributed by atoms with Crippen LogP contribution in [-0.2, 0) is 13.0 Å². The number of hydrogen-bond donors (Lipinski definition) is 0. The maximum Gasteiger partial charge on any atom is 0.227 e. The van der Waals surface area contributed by atoms with Crippen LogP contribution in [0, 0.1) is 5.92 Å². The van der Waals surface area contributed by atoms with Gasteiger partial charge in [-0.25, -0.2) is 4.98 Å². The summed E-state index contributed by atoms with van der Waals surface area (Å²) in [4.78, 5) is 10.2. The fraction of sp³-hybridized carbons (Fsp3) is 0.325. The molecule has 3 aromatic heterocycles. The topological polar surface area (TPSA) is 42.3 Å². The highest BCUT2D eigenvalue weighted by atomic mass is 16.3. The molecule has 4 nitrogen and oxygen atoms in total. The molecule has 0 saturated carbocycles. The minimum Gasteiger partial charge on any atom is -0.437 e. The van der Waals surface area contributed by atoms with E-state index in [4.69, 9.17) is 14.4 Å². The van der Waals surface area contributed by atoms with E-state index >= 15 is 0 Å². The van der Waals surface area contributed by atoms with E-state index in [2.05, 4.69) is 119 Å². The third-order valence-electron chi connectivity index (χ3n) is 10.1. The van der Waals surface area contributed by atoms with Gasteiger partial charge >= 0.3 is 0 Å². The van der Waals surface area contributed by atoms with Gasteiger partial charge in [-0.15, -0.1) is 0 Å². The standard InChI is InChI=1S/C40H42N3O/c1-8-34-30-12-10-9-11-29(30)31-15-13-27-14-16-32-33-17-18-35(24(4)5)42-40(33)44-39(32)37(27)36-21-28(26(7)23(2)3)19-20-43(36)22-25(6)38(31)41-34/h8-12,14,16-21,23-24,26,31,38H,1,6,13,15,22H2,2-5,7H3/q+1. The maximum absolute atomic E-state index is 6.75. The van der Waals surface area contributed by atoms with E-state index in [0.29, 0.717) is 30.0 Å². The van der Waals surface area contributed by atoms with Crippen molar-refractivity contribution in [1.29, 1.82) is 0 Å². The van der Waals surface area contributed by atoms with Crippen LogP contribution < -0.4 is 4.57 Å². The number of aromatic nitrogens is 2. The highest BCUT2D eigenvalue weighted by molar-refractivity contribution is 6.10. The molecule has 4 heteroatoms. The Morgan fingerprint density at radius 3 is 2.55 bits per heavy atom. The average Bonchev–Trinajstić information content (AvgIpc) is 3.40. The fourth-order valence-electron chi connectivity index (χ4n) is 7.16. The quantitative estimate of drug-likeness (QED) is 0.157. The van der Waals surface area contributed by atoms with Crippen LogP contribution in [0.15, 0.2) is 101 Å². The molecule has 0 fully saturated rings. The molecule has 2 aliphatic heterocycles. The van der Waals surface area contributed by atoms with Gasteiger partial charge in [-0.3, -0.25) is 4.99 Å². The molecular weight excluding hydrogens is 538 g/mol. The van der Waals surface area contributed by atoms with Gasteiger partial charge in [-0.05, 0) is 65.5 Å². The van der Waals surface area contributed by atoms with Crippen molar-refractivity contribution in [2.75, 3.05) is 0 Å². The number of rotatable bonds is 4. The number of hydrogen-bond acceptors (Lipinski definition) is 3. The minimum absolute atomic E-state index is 0.0114. The molecule has 0 amide bonds. The van der Waals surface area contributed by atoms with Crippen molar-refractivity contribution >= 4 is 27.8 Å². The number of benzene rings is 2. The van der Waals surface area contributed by atoms with Gasteiger partial charge in [0, 0.05) is 45.7 Å². The molecule has 3 atom stereocenters. The van der Waals surface area contributed by atoms with E-state index in [1.807, 2.05) is 6.08 Å². The van der Waals surface area contributed by atoms with Crippen molar-refractivity contribution in [3.63, 3.8) is 0 Å². The predicted molar refractivity (Wildman–Crippen MR) is 182 cm³/mol. The summed E-state index contributed by atoms with van der Waals surface area (Å²) in [5, 5.41) is 2.19. The van der Waals surface area contributed by atoms with Gasteiger partial charge in [-0.1, -0.05) is 84.2 Å². The van der Waals surface area contributed by atoms with E-state index in [9.17, 15) is 0 Å². The lowest BCUT2D eigenvalue weighted by atomic mass is 9.77. The first-order valence-corrected chi connectivity index (χ1v) is 16.1. The van der Waals surface area contributed by atoms with E-state index in [1.165, 1.54) is 33.5 Å². The lowest BCUT2D eigenvalue weighted by Crippen LogP contribution is -2.41. The number of furan rings is 1. The SMILES string of the molecule is C=CC1=NC2C(=C)C[n+]3ccc(C(C)C(C)C)cc3-c3c(ccc4c3oc3nc(C(C)C)ccc34)CCC2c2ccccc21. The van der Waals surface area contributed by atoms with Crippen molar-refractivity contribution < 1.29 is 8.98 Å². The van der Waals surface area contributed by atoms with Crippen molar-refractivity contribution in [3.8, 4) is 11.3 Å². The molecule has 5 heterocycles. The fourth-order valence-corrected chi connectivity index (χ4v) is 7.16. The summed E-state index contributed by atoms with van der Waals surface area (Å²) in [5.41, 5.74) is 12.3. The summed E-state index contributed by atoms with van der Waals surface area (Å²) in [7, 11) is 0. The molecule has 0 saturated heterocycles. The Kier molecular flexibility index (Phi) is 7.11. The monoisotopic (exact) mass is 580 g/mol. The van der Waals surface area contributed by atoms with Crippen molar-refractivity contribution in [1.82, 2.24) is 4.98 Å². The van der Waals surface area contributed by atoms with E-state index in [-0.39, 0.29) is 12.0 Å². The van der Waals surface area contributed by atoms with Gasteiger partial charge in [0.2, 0.25) is 11.4 Å². The second-order valence-corrected chi connectivity index (χ2v) is 13.4. The first-order chi connectivity index (χ1) is 21.2. The van der Waals surface area contributed by atoms with Crippen LogP contribution in [0.4, 0.5) is 0 Å². The van der Waals surface area contributed by atoms with E-state index < -0.39 is 0 Å². The first kappa shape index (κ1) is 28.5. The summed E-state index contributed by atoms with van der Waals surface area (Å²) in [6.45, 7) is 20.7. The van der Waals surface area contributed by atoms with Crippen LogP contribution in [0.5, 0.6) is 0 Å². The zero-order chi connectivity index (χ0) is 30.7. The largest absolute Gasteiger partial charge is 0.437 e. The summed E-state index contributed by atoms with van der Waals surface area (Å²) in [5.74, 6) is 1.52. The Balaban J connectivity index is 1.48. The molecule has 2 aromatic carbocycles. The first-order valence-electron chi connectivity index (χ1n) is 16.1. The molecular formula is C40H42N3O+. The van der Waals surface area contributed by atoms with Crippen LogP contribution in [-0.4, -0.2) is 16.7 Å². The molecule has 0 N–H and O–H groups in total. The van der Waals surface area contributed by atoms with Crippen LogP contribution in [0.2, 0.25) is 0 Å². The lowest BCUT2D eigenvalue weighted by molar-refractivity contribution is -0.678. The number of aryl methyl sites for hydroxylation is 1. The highest BCUT2D eigenvalue weighted by Crippen LogP contribution is 2.42. The van der Waals surface area contributed by atoms with Crippen molar-refractivity contribution in [2.45, 2.75) is 77.8 Å². The molecule has 0 aliphatic carbocycles. The Morgan fingerprint density at radius 2 is 1.77 bits per heavy atom. The van der Waals surface area contributed by atoms with Gasteiger partial charge in [0.05, 0.1) is 17.3 Å². The molecule has 44 heavy (non-hydrogen) atoms. The second kappa shape index (κ2) is 11.0. The Morgan fingerprint density at radius 1 is 0.977 bits per heavy atom. The summed E-state index contributed by atoms with van der Waals surface area (Å²) >= 11 is 0. The zero-order valence-electron chi connectivity index (χ0n) is 26.6. The van der Waals surface area contributed by atoms with Gasteiger partial charge in [0.15, 0.2) is 18.3 Å². The van der Waals surface area contributed by atoms with Crippen LogP contribution in [0.1, 0.15) is 86.7 Å². The van der Waals surface area contributed by atoms with E-state index in [0.717, 1.165) is 46.2 Å². The highest BCUT2D eigenvalue weighted by Gasteiger charge is 2.36. The van der Waals surface area contributed by atoms with Gasteiger partial charge < -0.3 is 4.42 Å². The predicted octanol–water partition coefficient (Wildman–Crippen LogP) is 9.46.